The highest BCUT2D eigenvalue weighted by molar-refractivity contribution is 5.79. The molecule has 0 spiro atoms. The Labute approximate surface area is 152 Å². The van der Waals surface area contributed by atoms with Gasteiger partial charge in [0.2, 0.25) is 5.91 Å². The van der Waals surface area contributed by atoms with Crippen LogP contribution in [0.5, 0.6) is 11.5 Å². The Bertz CT molecular complexity index is 887. The third kappa shape index (κ3) is 4.03. The van der Waals surface area contributed by atoms with Crippen LogP contribution < -0.4 is 10.1 Å². The summed E-state index contributed by atoms with van der Waals surface area (Å²) in [6.45, 7) is 0. The number of ether oxygens (including phenoxy) is 1. The first-order valence-electron chi connectivity index (χ1n) is 8.25. The van der Waals surface area contributed by atoms with E-state index in [0.29, 0.717) is 0 Å². The number of carbonyl (C=O) groups excluding carboxylic acids is 1. The van der Waals surface area contributed by atoms with E-state index in [1.807, 2.05) is 42.1 Å². The van der Waals surface area contributed by atoms with E-state index in [1.54, 1.807) is 37.6 Å². The van der Waals surface area contributed by atoms with Gasteiger partial charge >= 0.3 is 0 Å². The summed E-state index contributed by atoms with van der Waals surface area (Å²) in [6.07, 6.45) is 3.76. The van der Waals surface area contributed by atoms with Gasteiger partial charge in [-0.3, -0.25) is 4.79 Å². The molecule has 0 fully saturated rings. The van der Waals surface area contributed by atoms with Gasteiger partial charge in [0.25, 0.3) is 0 Å². The summed E-state index contributed by atoms with van der Waals surface area (Å²) in [5, 5.41) is 12.4. The van der Waals surface area contributed by atoms with Crippen molar-refractivity contribution < 1.29 is 14.6 Å². The fourth-order valence-electron chi connectivity index (χ4n) is 2.78. The summed E-state index contributed by atoms with van der Waals surface area (Å²) in [6, 6.07) is 13.8. The lowest BCUT2D eigenvalue weighted by Gasteiger charge is -2.20. The zero-order chi connectivity index (χ0) is 18.5. The molecule has 0 saturated carbocycles. The molecule has 0 aliphatic rings. The first-order valence-corrected chi connectivity index (χ1v) is 8.25. The summed E-state index contributed by atoms with van der Waals surface area (Å²) < 4.78 is 7.18. The Morgan fingerprint density at radius 1 is 1.27 bits per heavy atom. The van der Waals surface area contributed by atoms with E-state index in [-0.39, 0.29) is 18.1 Å². The SMILES string of the molecule is COc1cccc(C(NC(=O)Cc2ccc(O)cc2)c2nccn2C)c1. The van der Waals surface area contributed by atoms with Crippen molar-refractivity contribution in [2.45, 2.75) is 12.5 Å². The van der Waals surface area contributed by atoms with Gasteiger partial charge in [0.15, 0.2) is 0 Å². The number of methoxy groups -OCH3 is 1. The highest BCUT2D eigenvalue weighted by Gasteiger charge is 2.21. The Hall–Kier alpha value is -3.28. The van der Waals surface area contributed by atoms with Gasteiger partial charge in [0.1, 0.15) is 23.4 Å². The number of carbonyl (C=O) groups is 1. The molecule has 1 heterocycles. The number of nitrogens with zero attached hydrogens (tertiary/aromatic N) is 2. The molecule has 1 unspecified atom stereocenters. The van der Waals surface area contributed by atoms with Gasteiger partial charge < -0.3 is 19.7 Å². The van der Waals surface area contributed by atoms with Crippen LogP contribution in [0.4, 0.5) is 0 Å². The number of rotatable bonds is 6. The second kappa shape index (κ2) is 7.74. The number of amides is 1. The Morgan fingerprint density at radius 3 is 2.69 bits per heavy atom. The number of benzene rings is 2. The predicted octanol–water partition coefficient (Wildman–Crippen LogP) is 2.58. The minimum atomic E-state index is -0.394. The van der Waals surface area contributed by atoms with E-state index in [4.69, 9.17) is 4.74 Å². The van der Waals surface area contributed by atoms with E-state index < -0.39 is 6.04 Å². The number of phenols is 1. The van der Waals surface area contributed by atoms with Crippen molar-refractivity contribution in [3.05, 3.63) is 77.9 Å². The zero-order valence-corrected chi connectivity index (χ0v) is 14.7. The molecule has 0 bridgehead atoms. The summed E-state index contributed by atoms with van der Waals surface area (Å²) in [5.74, 6) is 1.50. The van der Waals surface area contributed by atoms with Crippen molar-refractivity contribution in [2.75, 3.05) is 7.11 Å². The minimum Gasteiger partial charge on any atom is -0.508 e. The van der Waals surface area contributed by atoms with Crippen LogP contribution in [0.15, 0.2) is 60.9 Å². The maximum atomic E-state index is 12.6. The number of hydrogen-bond donors (Lipinski definition) is 2. The molecule has 3 aromatic rings. The fraction of sp³-hybridized carbons (Fsp3) is 0.200. The third-order valence-electron chi connectivity index (χ3n) is 4.15. The van der Waals surface area contributed by atoms with Crippen LogP contribution in [-0.2, 0) is 18.3 Å². The third-order valence-corrected chi connectivity index (χ3v) is 4.15. The van der Waals surface area contributed by atoms with Gasteiger partial charge in [0, 0.05) is 19.4 Å². The molecule has 0 aliphatic heterocycles. The van der Waals surface area contributed by atoms with Gasteiger partial charge in [-0.25, -0.2) is 4.98 Å². The van der Waals surface area contributed by atoms with E-state index in [9.17, 15) is 9.90 Å². The second-order valence-electron chi connectivity index (χ2n) is 6.02. The smallest absolute Gasteiger partial charge is 0.225 e. The lowest BCUT2D eigenvalue weighted by Crippen LogP contribution is -2.32. The van der Waals surface area contributed by atoms with Gasteiger partial charge in [-0.2, -0.15) is 0 Å². The van der Waals surface area contributed by atoms with E-state index in [1.165, 1.54) is 0 Å². The van der Waals surface area contributed by atoms with Crippen molar-refractivity contribution in [3.63, 3.8) is 0 Å². The summed E-state index contributed by atoms with van der Waals surface area (Å²) in [7, 11) is 3.50. The van der Waals surface area contributed by atoms with Crippen molar-refractivity contribution in [2.24, 2.45) is 7.05 Å². The van der Waals surface area contributed by atoms with Crippen LogP contribution in [0.2, 0.25) is 0 Å². The molecular weight excluding hydrogens is 330 g/mol. The maximum absolute atomic E-state index is 12.6. The normalized spacial score (nSPS) is 11.8. The molecule has 3 rings (SSSR count). The number of imidazole rings is 1. The molecule has 6 nitrogen and oxygen atoms in total. The van der Waals surface area contributed by atoms with Crippen LogP contribution in [0.25, 0.3) is 0 Å². The van der Waals surface area contributed by atoms with Crippen molar-refractivity contribution >= 4 is 5.91 Å². The zero-order valence-electron chi connectivity index (χ0n) is 14.7. The van der Waals surface area contributed by atoms with E-state index in [2.05, 4.69) is 10.3 Å². The number of phenolic OH excluding ortho intramolecular Hbond substituents is 1. The number of nitrogens with one attached hydrogen (secondary N) is 1. The topological polar surface area (TPSA) is 76.4 Å². The highest BCUT2D eigenvalue weighted by Crippen LogP contribution is 2.24. The molecule has 1 atom stereocenters. The van der Waals surface area contributed by atoms with Crippen LogP contribution in [-0.4, -0.2) is 27.7 Å². The molecule has 2 aromatic carbocycles. The van der Waals surface area contributed by atoms with E-state index >= 15 is 0 Å². The average Bonchev–Trinajstić information content (AvgIpc) is 3.07. The van der Waals surface area contributed by atoms with Crippen molar-refractivity contribution in [1.82, 2.24) is 14.9 Å². The first kappa shape index (κ1) is 17.5. The molecule has 0 saturated heterocycles. The van der Waals surface area contributed by atoms with Crippen LogP contribution in [0.3, 0.4) is 0 Å². The standard InChI is InChI=1S/C20H21N3O3/c1-23-11-10-21-20(23)19(15-4-3-5-17(13-15)26-2)22-18(25)12-14-6-8-16(24)9-7-14/h3-11,13,19,24H,12H2,1-2H3,(H,22,25). The van der Waals surface area contributed by atoms with Crippen LogP contribution in [0.1, 0.15) is 23.0 Å². The molecule has 0 aliphatic carbocycles. The number of aromatic nitrogens is 2. The second-order valence-corrected chi connectivity index (χ2v) is 6.02. The Morgan fingerprint density at radius 2 is 2.04 bits per heavy atom. The van der Waals surface area contributed by atoms with Crippen molar-refractivity contribution in [1.29, 1.82) is 0 Å². The number of aryl methyl sites for hydroxylation is 1. The van der Waals surface area contributed by atoms with Gasteiger partial charge in [0.05, 0.1) is 13.5 Å². The Kier molecular flexibility index (Phi) is 5.22. The maximum Gasteiger partial charge on any atom is 0.225 e. The summed E-state index contributed by atoms with van der Waals surface area (Å²) in [4.78, 5) is 17.0. The molecule has 2 N–H and O–H groups in total. The molecule has 1 aromatic heterocycles. The summed E-state index contributed by atoms with van der Waals surface area (Å²) >= 11 is 0. The largest absolute Gasteiger partial charge is 0.508 e. The fourth-order valence-corrected chi connectivity index (χ4v) is 2.78. The average molecular weight is 351 g/mol. The first-order chi connectivity index (χ1) is 12.6. The van der Waals surface area contributed by atoms with Crippen molar-refractivity contribution in [3.8, 4) is 11.5 Å². The van der Waals surface area contributed by atoms with Gasteiger partial charge in [-0.1, -0.05) is 24.3 Å². The molecule has 26 heavy (non-hydrogen) atoms. The molecule has 0 radical (unpaired) electrons. The molecular formula is C20H21N3O3. The summed E-state index contributed by atoms with van der Waals surface area (Å²) in [5.41, 5.74) is 1.71. The predicted molar refractivity (Wildman–Crippen MR) is 98.0 cm³/mol. The van der Waals surface area contributed by atoms with Gasteiger partial charge in [-0.05, 0) is 35.4 Å². The van der Waals surface area contributed by atoms with Crippen LogP contribution in [0, 0.1) is 0 Å². The Balaban J connectivity index is 1.85. The monoisotopic (exact) mass is 351 g/mol. The molecule has 134 valence electrons. The number of hydrogen-bond acceptors (Lipinski definition) is 4. The van der Waals surface area contributed by atoms with E-state index in [0.717, 1.165) is 22.7 Å². The molecule has 6 heteroatoms. The quantitative estimate of drug-likeness (QED) is 0.716. The van der Waals surface area contributed by atoms with Gasteiger partial charge in [-0.15, -0.1) is 0 Å². The lowest BCUT2D eigenvalue weighted by atomic mass is 10.0. The highest BCUT2D eigenvalue weighted by atomic mass is 16.5. The number of aromatic hydroxyl groups is 1. The molecule has 1 amide bonds. The van der Waals surface area contributed by atoms with Crippen LogP contribution >= 0.6 is 0 Å². The minimum absolute atomic E-state index is 0.133. The lowest BCUT2D eigenvalue weighted by molar-refractivity contribution is -0.121.